The fourth-order valence-electron chi connectivity index (χ4n) is 5.89. The van der Waals surface area contributed by atoms with Gasteiger partial charge in [-0.2, -0.15) is 10.5 Å². The summed E-state index contributed by atoms with van der Waals surface area (Å²) in [5, 5.41) is 23.6. The highest BCUT2D eigenvalue weighted by Gasteiger charge is 2.77. The van der Waals surface area contributed by atoms with Crippen LogP contribution < -0.4 is 15.4 Å². The predicted octanol–water partition coefficient (Wildman–Crippen LogP) is 2.40. The van der Waals surface area contributed by atoms with Crippen molar-refractivity contribution in [3.05, 3.63) is 72.4 Å². The molecule has 11 nitrogen and oxygen atoms in total. The van der Waals surface area contributed by atoms with Crippen LogP contribution in [0.15, 0.2) is 66.9 Å². The third kappa shape index (κ3) is 6.52. The number of nitrogens with zero attached hydrogens (tertiary/aromatic N) is 5. The third-order valence-electron chi connectivity index (χ3n) is 8.13. The molecule has 3 unspecified atom stereocenters. The summed E-state index contributed by atoms with van der Waals surface area (Å²) in [4.78, 5) is 43.5. The van der Waals surface area contributed by atoms with Gasteiger partial charge in [0.15, 0.2) is 6.61 Å². The van der Waals surface area contributed by atoms with Crippen LogP contribution in [0.4, 0.5) is 5.69 Å². The first-order chi connectivity index (χ1) is 21.4. The summed E-state index contributed by atoms with van der Waals surface area (Å²) in [5.41, 5.74) is 1.98. The van der Waals surface area contributed by atoms with Gasteiger partial charge in [-0.1, -0.05) is 36.4 Å². The third-order valence-corrected chi connectivity index (χ3v) is 9.85. The standard InChI is InChI=1S/C32H35N7O4S/c1-2-39-31(42)27(44-32(39)26(20-34)29(32)30(41)36-14-12-33)11-13-35-24-9-6-10-25(19-24)43-22-28(40)38-17-15-37(16-18-38)21-23-7-4-3-5-8-23/h3-11,13,19,26-27,29,35H,2,14-18,21-22H2,1H3,(H,36,41)/t26-,27?,29?,32?/m1/s1. The second kappa shape index (κ2) is 13.8. The van der Waals surface area contributed by atoms with Crippen molar-refractivity contribution < 1.29 is 19.1 Å². The van der Waals surface area contributed by atoms with Gasteiger partial charge < -0.3 is 25.2 Å². The van der Waals surface area contributed by atoms with E-state index in [0.717, 1.165) is 19.6 Å². The van der Waals surface area contributed by atoms with Crippen molar-refractivity contribution in [2.75, 3.05) is 51.2 Å². The van der Waals surface area contributed by atoms with Gasteiger partial charge >= 0.3 is 0 Å². The Morgan fingerprint density at radius 1 is 1.11 bits per heavy atom. The fourth-order valence-corrected chi connectivity index (χ4v) is 7.68. The number of thioether (sulfide) groups is 1. The van der Waals surface area contributed by atoms with Crippen LogP contribution in [0, 0.1) is 34.5 Å². The molecular weight excluding hydrogens is 578 g/mol. The number of rotatable bonds is 11. The maximum absolute atomic E-state index is 13.2. The molecule has 3 aliphatic rings. The normalized spacial score (nSPS) is 24.6. The van der Waals surface area contributed by atoms with Crippen LogP contribution in [0.3, 0.4) is 0 Å². The number of benzene rings is 2. The van der Waals surface area contributed by atoms with E-state index in [1.165, 1.54) is 17.3 Å². The van der Waals surface area contributed by atoms with Crippen molar-refractivity contribution in [3.63, 3.8) is 0 Å². The molecule has 0 radical (unpaired) electrons. The number of hydrogen-bond donors (Lipinski definition) is 2. The molecule has 5 rings (SSSR count). The molecule has 12 heteroatoms. The first-order valence-electron chi connectivity index (χ1n) is 14.6. The summed E-state index contributed by atoms with van der Waals surface area (Å²) in [6.45, 7) is 5.82. The molecule has 1 spiro atoms. The van der Waals surface area contributed by atoms with Crippen LogP contribution in [0.1, 0.15) is 12.5 Å². The Kier molecular flexibility index (Phi) is 9.73. The summed E-state index contributed by atoms with van der Waals surface area (Å²) < 4.78 is 5.81. The lowest BCUT2D eigenvalue weighted by molar-refractivity contribution is -0.135. The van der Waals surface area contributed by atoms with Crippen LogP contribution in [-0.4, -0.2) is 88.4 Å². The van der Waals surface area contributed by atoms with Gasteiger partial charge in [0.2, 0.25) is 11.8 Å². The number of nitriles is 2. The minimum absolute atomic E-state index is 0.0517. The molecule has 4 atom stereocenters. The van der Waals surface area contributed by atoms with E-state index < -0.39 is 22.0 Å². The van der Waals surface area contributed by atoms with Crippen LogP contribution in [0.2, 0.25) is 0 Å². The molecule has 2 aliphatic heterocycles. The average Bonchev–Trinajstić information content (AvgIpc) is 3.61. The smallest absolute Gasteiger partial charge is 0.260 e. The molecule has 228 valence electrons. The number of carbonyl (C=O) groups is 3. The van der Waals surface area contributed by atoms with E-state index >= 15 is 0 Å². The van der Waals surface area contributed by atoms with E-state index in [0.29, 0.717) is 31.1 Å². The van der Waals surface area contributed by atoms with E-state index in [4.69, 9.17) is 10.00 Å². The number of ether oxygens (including phenoxy) is 1. The Morgan fingerprint density at radius 2 is 1.89 bits per heavy atom. The molecule has 3 fully saturated rings. The molecule has 1 aliphatic carbocycles. The number of amides is 3. The van der Waals surface area contributed by atoms with Crippen molar-refractivity contribution in [1.29, 1.82) is 10.5 Å². The second-order valence-electron chi connectivity index (χ2n) is 10.8. The second-order valence-corrected chi connectivity index (χ2v) is 12.2. The van der Waals surface area contributed by atoms with Gasteiger partial charge in [-0.05, 0) is 36.9 Å². The van der Waals surface area contributed by atoms with E-state index in [9.17, 15) is 19.6 Å². The van der Waals surface area contributed by atoms with Crippen molar-refractivity contribution in [3.8, 4) is 17.9 Å². The SMILES string of the molecule is CCN1C(=O)C(C=CNc2cccc(OCC(=O)N3CCN(Cc4ccccc4)CC3)c2)SC12C(C(=O)NCC#N)[C@H]2C#N. The highest BCUT2D eigenvalue weighted by Crippen LogP contribution is 2.66. The first kappa shape index (κ1) is 30.9. The molecule has 44 heavy (non-hydrogen) atoms. The van der Waals surface area contributed by atoms with E-state index in [1.807, 2.05) is 48.2 Å². The van der Waals surface area contributed by atoms with Crippen LogP contribution in [0.25, 0.3) is 0 Å². The van der Waals surface area contributed by atoms with Gasteiger partial charge in [0.25, 0.3) is 5.91 Å². The van der Waals surface area contributed by atoms with Crippen molar-refractivity contribution in [2.24, 2.45) is 11.8 Å². The number of piperazine rings is 1. The van der Waals surface area contributed by atoms with Gasteiger partial charge in [0, 0.05) is 51.0 Å². The van der Waals surface area contributed by atoms with Gasteiger partial charge in [-0.25, -0.2) is 0 Å². The lowest BCUT2D eigenvalue weighted by Crippen LogP contribution is -2.49. The van der Waals surface area contributed by atoms with E-state index in [2.05, 4.69) is 33.7 Å². The molecule has 3 amide bonds. The largest absolute Gasteiger partial charge is 0.484 e. The number of anilines is 1. The van der Waals surface area contributed by atoms with Gasteiger partial charge in [0.05, 0.1) is 24.0 Å². The maximum Gasteiger partial charge on any atom is 0.260 e. The Balaban J connectivity index is 1.11. The van der Waals surface area contributed by atoms with Gasteiger partial charge in [0.1, 0.15) is 22.4 Å². The van der Waals surface area contributed by atoms with Crippen LogP contribution in [-0.2, 0) is 20.9 Å². The number of nitrogens with one attached hydrogen (secondary N) is 2. The Morgan fingerprint density at radius 3 is 2.59 bits per heavy atom. The molecule has 1 saturated carbocycles. The summed E-state index contributed by atoms with van der Waals surface area (Å²) in [5.74, 6) is -1.39. The van der Waals surface area contributed by atoms with Crippen LogP contribution >= 0.6 is 11.8 Å². The Bertz CT molecular complexity index is 1480. The minimum Gasteiger partial charge on any atom is -0.484 e. The average molecular weight is 614 g/mol. The lowest BCUT2D eigenvalue weighted by Gasteiger charge is -2.34. The molecule has 0 bridgehead atoms. The molecular formula is C32H35N7O4S. The highest BCUT2D eigenvalue weighted by atomic mass is 32.2. The Labute approximate surface area is 261 Å². The highest BCUT2D eigenvalue weighted by molar-refractivity contribution is 8.03. The first-order valence-corrected chi connectivity index (χ1v) is 15.5. The van der Waals surface area contributed by atoms with E-state index in [1.54, 1.807) is 29.3 Å². The lowest BCUT2D eigenvalue weighted by atomic mass is 10.2. The van der Waals surface area contributed by atoms with Crippen molar-refractivity contribution >= 4 is 35.2 Å². The Hall–Kier alpha value is -4.52. The predicted molar refractivity (Wildman–Crippen MR) is 166 cm³/mol. The maximum atomic E-state index is 13.2. The van der Waals surface area contributed by atoms with Gasteiger partial charge in [-0.3, -0.25) is 19.3 Å². The minimum atomic E-state index is -0.927. The summed E-state index contributed by atoms with van der Waals surface area (Å²) >= 11 is 1.30. The fraction of sp³-hybridized carbons (Fsp3) is 0.406. The van der Waals surface area contributed by atoms with Crippen molar-refractivity contribution in [2.45, 2.75) is 23.6 Å². The molecule has 2 aromatic carbocycles. The topological polar surface area (TPSA) is 142 Å². The van der Waals surface area contributed by atoms with Crippen molar-refractivity contribution in [1.82, 2.24) is 20.0 Å². The summed E-state index contributed by atoms with van der Waals surface area (Å²) in [6.07, 6.45) is 3.38. The zero-order valence-electron chi connectivity index (χ0n) is 24.5. The molecule has 2 aromatic rings. The van der Waals surface area contributed by atoms with Crippen LogP contribution in [0.5, 0.6) is 5.75 Å². The summed E-state index contributed by atoms with van der Waals surface area (Å²) in [6, 6.07) is 21.6. The molecule has 2 heterocycles. The molecule has 0 aromatic heterocycles. The molecule has 2 saturated heterocycles. The van der Waals surface area contributed by atoms with E-state index in [-0.39, 0.29) is 30.9 Å². The number of hydrogen-bond acceptors (Lipinski definition) is 9. The van der Waals surface area contributed by atoms with Gasteiger partial charge in [-0.15, -0.1) is 11.8 Å². The monoisotopic (exact) mass is 613 g/mol. The number of carbonyl (C=O) groups excluding carboxylic acids is 3. The zero-order chi connectivity index (χ0) is 31.1. The quantitative estimate of drug-likeness (QED) is 0.366. The summed E-state index contributed by atoms with van der Waals surface area (Å²) in [7, 11) is 0. The zero-order valence-corrected chi connectivity index (χ0v) is 25.3. The molecule has 2 N–H and O–H groups in total.